The molecule has 22 heavy (non-hydrogen) atoms. The second-order valence-electron chi connectivity index (χ2n) is 6.57. The lowest BCUT2D eigenvalue weighted by molar-refractivity contribution is -1.02. The van der Waals surface area contributed by atoms with Gasteiger partial charge < -0.3 is 14.5 Å². The van der Waals surface area contributed by atoms with Gasteiger partial charge in [-0.3, -0.25) is 0 Å². The molecular weight excluding hydrogens is 272 g/mol. The number of piperazine rings is 1. The van der Waals surface area contributed by atoms with Gasteiger partial charge >= 0.3 is 0 Å². The van der Waals surface area contributed by atoms with Crippen LogP contribution in [0.15, 0.2) is 48.5 Å². The molecule has 2 heterocycles. The average molecular weight is 296 g/mol. The Labute approximate surface area is 132 Å². The van der Waals surface area contributed by atoms with Crippen LogP contribution in [0.2, 0.25) is 0 Å². The van der Waals surface area contributed by atoms with Crippen molar-refractivity contribution in [3.63, 3.8) is 0 Å². The van der Waals surface area contributed by atoms with E-state index in [9.17, 15) is 0 Å². The highest BCUT2D eigenvalue weighted by Crippen LogP contribution is 2.33. The molecule has 1 atom stereocenters. The predicted octanol–water partition coefficient (Wildman–Crippen LogP) is 0.0816. The quantitative estimate of drug-likeness (QED) is 0.763. The van der Waals surface area contributed by atoms with Crippen LogP contribution in [0.1, 0.15) is 22.7 Å². The zero-order valence-electron chi connectivity index (χ0n) is 13.1. The Bertz CT molecular complexity index is 614. The first kappa shape index (κ1) is 13.8. The maximum Gasteiger partial charge on any atom is 0.143 e. The maximum atomic E-state index is 6.10. The topological polar surface area (TPSA) is 18.1 Å². The number of hydrogen-bond acceptors (Lipinski definition) is 1. The van der Waals surface area contributed by atoms with E-state index in [0.717, 1.165) is 5.75 Å². The van der Waals surface area contributed by atoms with E-state index in [1.165, 1.54) is 42.9 Å². The highest BCUT2D eigenvalue weighted by molar-refractivity contribution is 5.44. The maximum absolute atomic E-state index is 6.10. The van der Waals surface area contributed by atoms with Crippen LogP contribution in [-0.2, 0) is 6.61 Å². The summed E-state index contributed by atoms with van der Waals surface area (Å²) in [6, 6.07) is 17.8. The number of likely N-dealkylation sites (N-methyl/N-ethyl adjacent to an activating group) is 1. The van der Waals surface area contributed by atoms with E-state index in [0.29, 0.717) is 12.6 Å². The Morgan fingerprint density at radius 3 is 2.36 bits per heavy atom. The van der Waals surface area contributed by atoms with Gasteiger partial charge in [0.05, 0.1) is 12.6 Å². The van der Waals surface area contributed by atoms with Gasteiger partial charge in [-0.15, -0.1) is 0 Å². The van der Waals surface area contributed by atoms with E-state index in [4.69, 9.17) is 4.74 Å². The first-order valence-corrected chi connectivity index (χ1v) is 8.28. The van der Waals surface area contributed by atoms with E-state index >= 15 is 0 Å². The van der Waals surface area contributed by atoms with E-state index < -0.39 is 0 Å². The van der Waals surface area contributed by atoms with Gasteiger partial charge in [-0.2, -0.15) is 0 Å². The second-order valence-corrected chi connectivity index (χ2v) is 6.57. The third-order valence-corrected chi connectivity index (χ3v) is 5.13. The SMILES string of the molecule is C[NH+]1CC[NH+]([C@@H]2c3ccccc3COc3ccccc32)CC1. The molecular formula is C19H24N2O+2. The first-order valence-electron chi connectivity index (χ1n) is 8.28. The van der Waals surface area contributed by atoms with E-state index in [1.54, 1.807) is 9.80 Å². The molecule has 1 saturated heterocycles. The Morgan fingerprint density at radius 1 is 0.864 bits per heavy atom. The molecule has 0 aliphatic carbocycles. The molecule has 2 N–H and O–H groups in total. The van der Waals surface area contributed by atoms with Crippen LogP contribution in [0, 0.1) is 0 Å². The minimum Gasteiger partial charge on any atom is -0.488 e. The van der Waals surface area contributed by atoms with Gasteiger partial charge in [-0.25, -0.2) is 0 Å². The van der Waals surface area contributed by atoms with Gasteiger partial charge in [-0.1, -0.05) is 36.4 Å². The van der Waals surface area contributed by atoms with Crippen molar-refractivity contribution in [2.24, 2.45) is 0 Å². The molecule has 0 aromatic heterocycles. The predicted molar refractivity (Wildman–Crippen MR) is 86.4 cm³/mol. The van der Waals surface area contributed by atoms with Crippen LogP contribution in [-0.4, -0.2) is 33.2 Å². The van der Waals surface area contributed by atoms with Crippen molar-refractivity contribution in [1.82, 2.24) is 0 Å². The summed E-state index contributed by atoms with van der Waals surface area (Å²) < 4.78 is 6.10. The number of quaternary nitrogens is 2. The van der Waals surface area contributed by atoms with Crippen molar-refractivity contribution in [3.8, 4) is 5.75 Å². The molecule has 2 aromatic rings. The van der Waals surface area contributed by atoms with Crippen LogP contribution in [0.4, 0.5) is 0 Å². The lowest BCUT2D eigenvalue weighted by Gasteiger charge is -2.34. The summed E-state index contributed by atoms with van der Waals surface area (Å²) in [6.45, 7) is 5.62. The van der Waals surface area contributed by atoms with Gasteiger partial charge in [-0.05, 0) is 17.7 Å². The van der Waals surface area contributed by atoms with E-state index in [2.05, 4.69) is 55.6 Å². The number of fused-ring (bicyclic) bond motifs is 2. The third kappa shape index (κ3) is 2.40. The molecule has 0 radical (unpaired) electrons. The summed E-state index contributed by atoms with van der Waals surface area (Å²) in [5.41, 5.74) is 4.13. The summed E-state index contributed by atoms with van der Waals surface area (Å²) in [4.78, 5) is 3.33. The van der Waals surface area contributed by atoms with Crippen LogP contribution >= 0.6 is 0 Å². The number of hydrogen-bond donors (Lipinski definition) is 2. The summed E-state index contributed by atoms with van der Waals surface area (Å²) in [5, 5.41) is 0. The van der Waals surface area contributed by atoms with Crippen molar-refractivity contribution < 1.29 is 14.5 Å². The first-order chi connectivity index (χ1) is 10.8. The fourth-order valence-electron chi connectivity index (χ4n) is 3.85. The Kier molecular flexibility index (Phi) is 3.60. The Morgan fingerprint density at radius 2 is 1.55 bits per heavy atom. The molecule has 2 aliphatic rings. The number of rotatable bonds is 1. The Balaban J connectivity index is 1.80. The lowest BCUT2D eigenvalue weighted by atomic mass is 9.93. The summed E-state index contributed by atoms with van der Waals surface area (Å²) in [5.74, 6) is 1.06. The molecule has 0 amide bonds. The number of para-hydroxylation sites is 1. The minimum atomic E-state index is 0.406. The third-order valence-electron chi connectivity index (χ3n) is 5.13. The summed E-state index contributed by atoms with van der Waals surface area (Å²) >= 11 is 0. The number of ether oxygens (including phenoxy) is 1. The monoisotopic (exact) mass is 296 g/mol. The molecule has 114 valence electrons. The summed E-state index contributed by atoms with van der Waals surface area (Å²) in [6.07, 6.45) is 0. The molecule has 0 saturated carbocycles. The van der Waals surface area contributed by atoms with E-state index in [-0.39, 0.29) is 0 Å². The minimum absolute atomic E-state index is 0.406. The largest absolute Gasteiger partial charge is 0.488 e. The molecule has 4 rings (SSSR count). The number of nitrogens with one attached hydrogen (secondary N) is 2. The smallest absolute Gasteiger partial charge is 0.143 e. The highest BCUT2D eigenvalue weighted by atomic mass is 16.5. The van der Waals surface area contributed by atoms with Gasteiger partial charge in [0, 0.05) is 5.56 Å². The Hall–Kier alpha value is -1.84. The van der Waals surface area contributed by atoms with Crippen molar-refractivity contribution in [3.05, 3.63) is 65.2 Å². The molecule has 2 aromatic carbocycles. The van der Waals surface area contributed by atoms with Crippen LogP contribution in [0.25, 0.3) is 0 Å². The van der Waals surface area contributed by atoms with E-state index in [1.807, 2.05) is 0 Å². The van der Waals surface area contributed by atoms with Gasteiger partial charge in [0.25, 0.3) is 0 Å². The second kappa shape index (κ2) is 5.75. The van der Waals surface area contributed by atoms with Crippen molar-refractivity contribution in [2.75, 3.05) is 33.2 Å². The van der Waals surface area contributed by atoms with Crippen molar-refractivity contribution in [1.29, 1.82) is 0 Å². The zero-order chi connectivity index (χ0) is 14.9. The van der Waals surface area contributed by atoms with Crippen LogP contribution < -0.4 is 14.5 Å². The average Bonchev–Trinajstić information content (AvgIpc) is 2.73. The van der Waals surface area contributed by atoms with Gasteiger partial charge in [0.1, 0.15) is 44.6 Å². The molecule has 0 unspecified atom stereocenters. The fraction of sp³-hybridized carbons (Fsp3) is 0.368. The zero-order valence-corrected chi connectivity index (χ0v) is 13.1. The molecule has 2 aliphatic heterocycles. The molecule has 0 bridgehead atoms. The van der Waals surface area contributed by atoms with Crippen LogP contribution in [0.5, 0.6) is 5.75 Å². The molecule has 0 spiro atoms. The highest BCUT2D eigenvalue weighted by Gasteiger charge is 2.35. The fourth-order valence-corrected chi connectivity index (χ4v) is 3.85. The standard InChI is InChI=1S/C19H22N2O/c1-20-10-12-21(13-11-20)19-16-7-3-2-6-15(16)14-22-18-9-5-4-8-17(18)19/h2-9,19H,10-14H2,1H3/p+2/t19-/m1/s1. The van der Waals surface area contributed by atoms with Gasteiger partial charge in [0.15, 0.2) is 0 Å². The number of benzene rings is 2. The van der Waals surface area contributed by atoms with Crippen molar-refractivity contribution >= 4 is 0 Å². The van der Waals surface area contributed by atoms with Crippen LogP contribution in [0.3, 0.4) is 0 Å². The van der Waals surface area contributed by atoms with Gasteiger partial charge in [0.2, 0.25) is 0 Å². The molecule has 3 nitrogen and oxygen atoms in total. The normalized spacial score (nSPS) is 27.2. The molecule has 1 fully saturated rings. The lowest BCUT2D eigenvalue weighted by Crippen LogP contribution is -3.27. The van der Waals surface area contributed by atoms with Crippen molar-refractivity contribution in [2.45, 2.75) is 12.6 Å². The summed E-state index contributed by atoms with van der Waals surface area (Å²) in [7, 11) is 2.30. The molecule has 3 heteroatoms.